The highest BCUT2D eigenvalue weighted by Gasteiger charge is 2.32. The Hall–Kier alpha value is -2.67. The quantitative estimate of drug-likeness (QED) is 0.730. The van der Waals surface area contributed by atoms with Crippen molar-refractivity contribution < 1.29 is 14.3 Å². The van der Waals surface area contributed by atoms with Crippen LogP contribution in [0.4, 0.5) is 5.69 Å². The first-order chi connectivity index (χ1) is 15.2. The lowest BCUT2D eigenvalue weighted by Gasteiger charge is -2.34. The molecule has 1 fully saturated rings. The molecule has 0 bridgehead atoms. The van der Waals surface area contributed by atoms with Gasteiger partial charge in [0, 0.05) is 68.8 Å². The van der Waals surface area contributed by atoms with E-state index in [4.69, 9.17) is 9.47 Å². The molecule has 0 radical (unpaired) electrons. The van der Waals surface area contributed by atoms with Gasteiger partial charge in [0.15, 0.2) is 0 Å². The molecule has 3 aliphatic heterocycles. The fraction of sp³-hybridized carbons (Fsp3) is 0.400. The third-order valence-electron chi connectivity index (χ3n) is 6.48. The molecule has 3 heterocycles. The van der Waals surface area contributed by atoms with E-state index in [1.165, 1.54) is 11.1 Å². The SMILES string of the molecule is COCCN1CCN(CCc2ccc3c(c2)COC3=C2C(=O)Nc3ccccc32)CC1. The number of piperazine rings is 1. The topological polar surface area (TPSA) is 54.0 Å². The van der Waals surface area contributed by atoms with Crippen molar-refractivity contribution in [3.05, 3.63) is 64.7 Å². The number of carbonyl (C=O) groups is 1. The Kier molecular flexibility index (Phi) is 5.76. The van der Waals surface area contributed by atoms with Crippen molar-refractivity contribution >= 4 is 22.9 Å². The maximum atomic E-state index is 12.6. The van der Waals surface area contributed by atoms with Crippen LogP contribution in [0.1, 0.15) is 22.3 Å². The summed E-state index contributed by atoms with van der Waals surface area (Å²) in [5.74, 6) is 0.619. The number of fused-ring (bicyclic) bond motifs is 2. The van der Waals surface area contributed by atoms with Crippen LogP contribution in [0, 0.1) is 0 Å². The van der Waals surface area contributed by atoms with Crippen LogP contribution in [0.5, 0.6) is 0 Å². The second-order valence-corrected chi connectivity index (χ2v) is 8.41. The Morgan fingerprint density at radius 1 is 1.00 bits per heavy atom. The third kappa shape index (κ3) is 4.11. The first kappa shape index (κ1) is 20.2. The Balaban J connectivity index is 1.25. The number of para-hydroxylation sites is 1. The van der Waals surface area contributed by atoms with Crippen LogP contribution in [-0.2, 0) is 27.3 Å². The van der Waals surface area contributed by atoms with Gasteiger partial charge in [-0.1, -0.05) is 36.4 Å². The number of methoxy groups -OCH3 is 1. The van der Waals surface area contributed by atoms with Crippen LogP contribution in [-0.4, -0.2) is 68.7 Å². The largest absolute Gasteiger partial charge is 0.487 e. The highest BCUT2D eigenvalue weighted by atomic mass is 16.5. The van der Waals surface area contributed by atoms with Crippen molar-refractivity contribution in [2.75, 3.05) is 58.3 Å². The van der Waals surface area contributed by atoms with Gasteiger partial charge in [0.1, 0.15) is 12.4 Å². The molecule has 1 saturated heterocycles. The highest BCUT2D eigenvalue weighted by molar-refractivity contribution is 6.36. The summed E-state index contributed by atoms with van der Waals surface area (Å²) in [5, 5.41) is 2.94. The van der Waals surface area contributed by atoms with Gasteiger partial charge in [-0.05, 0) is 18.1 Å². The monoisotopic (exact) mass is 419 g/mol. The maximum absolute atomic E-state index is 12.6. The lowest BCUT2D eigenvalue weighted by molar-refractivity contribution is -0.110. The summed E-state index contributed by atoms with van der Waals surface area (Å²) >= 11 is 0. The van der Waals surface area contributed by atoms with E-state index in [1.54, 1.807) is 7.11 Å². The average molecular weight is 420 g/mol. The summed E-state index contributed by atoms with van der Waals surface area (Å²) in [6, 6.07) is 14.3. The lowest BCUT2D eigenvalue weighted by atomic mass is 9.98. The second-order valence-electron chi connectivity index (χ2n) is 8.41. The molecule has 6 nitrogen and oxygen atoms in total. The van der Waals surface area contributed by atoms with E-state index in [2.05, 4.69) is 33.3 Å². The van der Waals surface area contributed by atoms with Crippen molar-refractivity contribution in [1.82, 2.24) is 9.80 Å². The summed E-state index contributed by atoms with van der Waals surface area (Å²) in [6.07, 6.45) is 1.03. The normalized spacial score (nSPS) is 21.0. The predicted octanol–water partition coefficient (Wildman–Crippen LogP) is 2.84. The standard InChI is InChI=1S/C25H29N3O3/c1-30-15-14-28-12-10-27(11-13-28)9-8-18-6-7-20-19(16-18)17-31-24(20)23-21-4-2-3-5-22(21)26-25(23)29/h2-7,16H,8-15,17H2,1H3,(H,26,29). The number of benzene rings is 2. The van der Waals surface area contributed by atoms with Crippen LogP contribution in [0.15, 0.2) is 42.5 Å². The zero-order valence-electron chi connectivity index (χ0n) is 18.0. The maximum Gasteiger partial charge on any atom is 0.260 e. The lowest BCUT2D eigenvalue weighted by Crippen LogP contribution is -2.47. The molecule has 0 unspecified atom stereocenters. The summed E-state index contributed by atoms with van der Waals surface area (Å²) < 4.78 is 11.2. The number of hydrogen-bond donors (Lipinski definition) is 1. The van der Waals surface area contributed by atoms with E-state index >= 15 is 0 Å². The van der Waals surface area contributed by atoms with Gasteiger partial charge < -0.3 is 19.7 Å². The molecule has 0 aliphatic carbocycles. The second kappa shape index (κ2) is 8.83. The molecule has 2 aromatic rings. The predicted molar refractivity (Wildman–Crippen MR) is 122 cm³/mol. The molecule has 1 N–H and O–H groups in total. The Bertz CT molecular complexity index is 1010. The van der Waals surface area contributed by atoms with Crippen molar-refractivity contribution in [3.8, 4) is 0 Å². The third-order valence-corrected chi connectivity index (χ3v) is 6.48. The Morgan fingerprint density at radius 3 is 2.58 bits per heavy atom. The molecule has 31 heavy (non-hydrogen) atoms. The van der Waals surface area contributed by atoms with Gasteiger partial charge in [-0.15, -0.1) is 0 Å². The number of amides is 1. The Morgan fingerprint density at radius 2 is 1.77 bits per heavy atom. The molecule has 0 spiro atoms. The fourth-order valence-corrected chi connectivity index (χ4v) is 4.66. The summed E-state index contributed by atoms with van der Waals surface area (Å²) in [7, 11) is 1.76. The number of nitrogens with zero attached hydrogens (tertiary/aromatic N) is 2. The number of anilines is 1. The molecular weight excluding hydrogens is 390 g/mol. The highest BCUT2D eigenvalue weighted by Crippen LogP contribution is 2.41. The zero-order chi connectivity index (χ0) is 21.2. The van der Waals surface area contributed by atoms with Crippen LogP contribution >= 0.6 is 0 Å². The van der Waals surface area contributed by atoms with E-state index in [0.717, 1.165) is 69.1 Å². The van der Waals surface area contributed by atoms with Crippen molar-refractivity contribution in [2.24, 2.45) is 0 Å². The minimum Gasteiger partial charge on any atom is -0.487 e. The van der Waals surface area contributed by atoms with Gasteiger partial charge in [0.25, 0.3) is 5.91 Å². The minimum absolute atomic E-state index is 0.0854. The van der Waals surface area contributed by atoms with E-state index in [9.17, 15) is 4.79 Å². The average Bonchev–Trinajstić information content (AvgIpc) is 3.36. The first-order valence-corrected chi connectivity index (χ1v) is 11.1. The van der Waals surface area contributed by atoms with Crippen LogP contribution in [0.25, 0.3) is 11.3 Å². The van der Waals surface area contributed by atoms with Crippen molar-refractivity contribution in [3.63, 3.8) is 0 Å². The van der Waals surface area contributed by atoms with Gasteiger partial charge in [-0.25, -0.2) is 0 Å². The first-order valence-electron chi connectivity index (χ1n) is 11.1. The molecule has 3 aliphatic rings. The van der Waals surface area contributed by atoms with Crippen molar-refractivity contribution in [1.29, 1.82) is 0 Å². The van der Waals surface area contributed by atoms with Crippen LogP contribution in [0.2, 0.25) is 0 Å². The Labute approximate surface area is 183 Å². The number of hydrogen-bond acceptors (Lipinski definition) is 5. The van der Waals surface area contributed by atoms with E-state index < -0.39 is 0 Å². The number of rotatable bonds is 6. The summed E-state index contributed by atoms with van der Waals surface area (Å²) in [5.41, 5.74) is 5.95. The van der Waals surface area contributed by atoms with Crippen LogP contribution in [0.3, 0.4) is 0 Å². The summed E-state index contributed by atoms with van der Waals surface area (Å²) in [6.45, 7) is 7.88. The minimum atomic E-state index is -0.0854. The van der Waals surface area contributed by atoms with E-state index in [1.807, 2.05) is 24.3 Å². The molecule has 2 aromatic carbocycles. The molecule has 6 heteroatoms. The molecule has 162 valence electrons. The van der Waals surface area contributed by atoms with E-state index in [-0.39, 0.29) is 5.91 Å². The molecular formula is C25H29N3O3. The molecule has 5 rings (SSSR count). The smallest absolute Gasteiger partial charge is 0.260 e. The number of carbonyl (C=O) groups excluding carboxylic acids is 1. The summed E-state index contributed by atoms with van der Waals surface area (Å²) in [4.78, 5) is 17.6. The number of ether oxygens (including phenoxy) is 2. The van der Waals surface area contributed by atoms with Gasteiger partial charge in [0.2, 0.25) is 0 Å². The van der Waals surface area contributed by atoms with Crippen LogP contribution < -0.4 is 5.32 Å². The van der Waals surface area contributed by atoms with Gasteiger partial charge in [-0.2, -0.15) is 0 Å². The number of nitrogens with one attached hydrogen (secondary N) is 1. The molecule has 0 atom stereocenters. The fourth-order valence-electron chi connectivity index (χ4n) is 4.66. The zero-order valence-corrected chi connectivity index (χ0v) is 18.0. The van der Waals surface area contributed by atoms with Crippen molar-refractivity contribution in [2.45, 2.75) is 13.0 Å². The molecule has 1 amide bonds. The molecule has 0 aromatic heterocycles. The molecule has 0 saturated carbocycles. The van der Waals surface area contributed by atoms with E-state index in [0.29, 0.717) is 17.9 Å². The van der Waals surface area contributed by atoms with Gasteiger partial charge in [-0.3, -0.25) is 9.69 Å². The van der Waals surface area contributed by atoms with Gasteiger partial charge in [0.05, 0.1) is 12.2 Å². The van der Waals surface area contributed by atoms with Gasteiger partial charge >= 0.3 is 0 Å².